The summed E-state index contributed by atoms with van der Waals surface area (Å²) in [5.41, 5.74) is 0.264. The first-order valence-corrected chi connectivity index (χ1v) is 3.03. The molecule has 1 N–H and O–H groups in total. The summed E-state index contributed by atoms with van der Waals surface area (Å²) in [6.07, 6.45) is 1.14. The molecule has 1 atom stereocenters. The quantitative estimate of drug-likeness (QED) is 0.533. The van der Waals surface area contributed by atoms with Gasteiger partial charge in [0.2, 0.25) is 0 Å². The van der Waals surface area contributed by atoms with Crippen molar-refractivity contribution in [2.24, 2.45) is 0 Å². The molecule has 0 bridgehead atoms. The third-order valence-corrected chi connectivity index (χ3v) is 1.82. The average Bonchev–Trinajstić information content (AvgIpc) is 2.17. The van der Waals surface area contributed by atoms with Crippen LogP contribution in [0.3, 0.4) is 0 Å². The summed E-state index contributed by atoms with van der Waals surface area (Å²) in [4.78, 5) is 0. The van der Waals surface area contributed by atoms with Gasteiger partial charge in [-0.1, -0.05) is 0 Å². The molecule has 0 aromatic rings. The van der Waals surface area contributed by atoms with E-state index in [0.29, 0.717) is 0 Å². The van der Waals surface area contributed by atoms with Gasteiger partial charge in [0.25, 0.3) is 0 Å². The van der Waals surface area contributed by atoms with E-state index >= 15 is 0 Å². The van der Waals surface area contributed by atoms with Gasteiger partial charge in [-0.2, -0.15) is 0 Å². The first-order valence-electron chi connectivity index (χ1n) is 3.03. The van der Waals surface area contributed by atoms with Crippen LogP contribution in [-0.2, 0) is 4.74 Å². The van der Waals surface area contributed by atoms with Gasteiger partial charge in [0.15, 0.2) is 0 Å². The molecule has 0 amide bonds. The molecule has 0 aromatic carbocycles. The van der Waals surface area contributed by atoms with E-state index in [-0.39, 0.29) is 5.54 Å². The third kappa shape index (κ3) is 1.01. The summed E-state index contributed by atoms with van der Waals surface area (Å²) < 4.78 is 5.19. The van der Waals surface area contributed by atoms with Crippen LogP contribution < -0.4 is 5.32 Å². The van der Waals surface area contributed by atoms with E-state index in [2.05, 4.69) is 12.2 Å². The summed E-state index contributed by atoms with van der Waals surface area (Å²) in [5.74, 6) is 0. The normalized spacial score (nSPS) is 38.2. The Kier molecular flexibility index (Phi) is 1.54. The molecule has 0 aromatic heterocycles. The van der Waals surface area contributed by atoms with Crippen molar-refractivity contribution in [2.75, 3.05) is 20.3 Å². The molecule has 1 saturated heterocycles. The SMILES string of the molecule is CN[C@]1(C)CCOC1. The van der Waals surface area contributed by atoms with Crippen LogP contribution in [0.2, 0.25) is 0 Å². The number of likely N-dealkylation sites (N-methyl/N-ethyl adjacent to an activating group) is 1. The van der Waals surface area contributed by atoms with Gasteiger partial charge in [0, 0.05) is 12.1 Å². The van der Waals surface area contributed by atoms with Gasteiger partial charge in [-0.05, 0) is 20.4 Å². The minimum atomic E-state index is 0.264. The van der Waals surface area contributed by atoms with Gasteiger partial charge in [-0.15, -0.1) is 0 Å². The summed E-state index contributed by atoms with van der Waals surface area (Å²) in [5, 5.41) is 3.22. The zero-order valence-electron chi connectivity index (χ0n) is 5.53. The first kappa shape index (κ1) is 6.05. The average molecular weight is 115 g/mol. The van der Waals surface area contributed by atoms with Crippen LogP contribution in [0.4, 0.5) is 0 Å². The Balaban J connectivity index is 2.40. The number of nitrogens with one attached hydrogen (secondary N) is 1. The number of hydrogen-bond donors (Lipinski definition) is 1. The molecule has 8 heavy (non-hydrogen) atoms. The Morgan fingerprint density at radius 1 is 1.62 bits per heavy atom. The van der Waals surface area contributed by atoms with E-state index in [9.17, 15) is 0 Å². The molecule has 0 aliphatic carbocycles. The lowest BCUT2D eigenvalue weighted by Crippen LogP contribution is -2.39. The van der Waals surface area contributed by atoms with Gasteiger partial charge in [-0.25, -0.2) is 0 Å². The molecule has 48 valence electrons. The Morgan fingerprint density at radius 2 is 2.38 bits per heavy atom. The van der Waals surface area contributed by atoms with E-state index in [1.807, 2.05) is 7.05 Å². The third-order valence-electron chi connectivity index (χ3n) is 1.82. The lowest BCUT2D eigenvalue weighted by atomic mass is 10.0. The zero-order valence-corrected chi connectivity index (χ0v) is 5.53. The number of ether oxygens (including phenoxy) is 1. The van der Waals surface area contributed by atoms with E-state index in [1.165, 1.54) is 0 Å². The van der Waals surface area contributed by atoms with Crippen molar-refractivity contribution in [3.8, 4) is 0 Å². The molecule has 2 heteroatoms. The number of rotatable bonds is 1. The van der Waals surface area contributed by atoms with Crippen LogP contribution in [0.5, 0.6) is 0 Å². The molecule has 1 aliphatic rings. The van der Waals surface area contributed by atoms with Crippen molar-refractivity contribution in [2.45, 2.75) is 18.9 Å². The molecule has 0 radical (unpaired) electrons. The second-order valence-corrected chi connectivity index (χ2v) is 2.61. The molecule has 1 aliphatic heterocycles. The van der Waals surface area contributed by atoms with Crippen molar-refractivity contribution < 1.29 is 4.74 Å². The lowest BCUT2D eigenvalue weighted by Gasteiger charge is -2.19. The van der Waals surface area contributed by atoms with Crippen LogP contribution in [0.1, 0.15) is 13.3 Å². The van der Waals surface area contributed by atoms with Crippen LogP contribution in [0.15, 0.2) is 0 Å². The van der Waals surface area contributed by atoms with Crippen LogP contribution >= 0.6 is 0 Å². The second-order valence-electron chi connectivity index (χ2n) is 2.61. The predicted octanol–water partition coefficient (Wildman–Crippen LogP) is 0.385. The van der Waals surface area contributed by atoms with E-state index in [4.69, 9.17) is 4.74 Å². The summed E-state index contributed by atoms with van der Waals surface area (Å²) in [6, 6.07) is 0. The fourth-order valence-electron chi connectivity index (χ4n) is 0.864. The maximum atomic E-state index is 5.19. The summed E-state index contributed by atoms with van der Waals surface area (Å²) in [7, 11) is 1.98. The number of hydrogen-bond acceptors (Lipinski definition) is 2. The van der Waals surface area contributed by atoms with Crippen molar-refractivity contribution >= 4 is 0 Å². The molecule has 0 saturated carbocycles. The molecule has 1 fully saturated rings. The molecular formula is C6H13NO. The van der Waals surface area contributed by atoms with Crippen molar-refractivity contribution in [1.29, 1.82) is 0 Å². The van der Waals surface area contributed by atoms with Gasteiger partial charge in [0.1, 0.15) is 0 Å². The summed E-state index contributed by atoms with van der Waals surface area (Å²) >= 11 is 0. The fraction of sp³-hybridized carbons (Fsp3) is 1.00. The Labute approximate surface area is 50.2 Å². The van der Waals surface area contributed by atoms with E-state index in [0.717, 1.165) is 19.6 Å². The molecule has 0 unspecified atom stereocenters. The minimum Gasteiger partial charge on any atom is -0.379 e. The molecular weight excluding hydrogens is 102 g/mol. The lowest BCUT2D eigenvalue weighted by molar-refractivity contribution is 0.174. The Bertz CT molecular complexity index is 76.6. The summed E-state index contributed by atoms with van der Waals surface area (Å²) in [6.45, 7) is 3.96. The van der Waals surface area contributed by atoms with Gasteiger partial charge in [-0.3, -0.25) is 0 Å². The molecule has 1 heterocycles. The minimum absolute atomic E-state index is 0.264. The van der Waals surface area contributed by atoms with Crippen LogP contribution in [-0.4, -0.2) is 25.8 Å². The highest BCUT2D eigenvalue weighted by Gasteiger charge is 2.26. The van der Waals surface area contributed by atoms with Crippen molar-refractivity contribution in [3.05, 3.63) is 0 Å². The van der Waals surface area contributed by atoms with Gasteiger partial charge >= 0.3 is 0 Å². The van der Waals surface area contributed by atoms with Gasteiger partial charge < -0.3 is 10.1 Å². The molecule has 0 spiro atoms. The first-order chi connectivity index (χ1) is 3.77. The monoisotopic (exact) mass is 115 g/mol. The largest absolute Gasteiger partial charge is 0.379 e. The zero-order chi connectivity index (χ0) is 6.04. The molecule has 2 nitrogen and oxygen atoms in total. The standard InChI is InChI=1S/C6H13NO/c1-6(7-2)3-4-8-5-6/h7H,3-5H2,1-2H3/t6-/m1/s1. The fourth-order valence-corrected chi connectivity index (χ4v) is 0.864. The maximum Gasteiger partial charge on any atom is 0.0646 e. The Morgan fingerprint density at radius 3 is 2.62 bits per heavy atom. The topological polar surface area (TPSA) is 21.3 Å². The highest BCUT2D eigenvalue weighted by molar-refractivity contribution is 4.84. The predicted molar refractivity (Wildman–Crippen MR) is 32.9 cm³/mol. The van der Waals surface area contributed by atoms with Crippen molar-refractivity contribution in [1.82, 2.24) is 5.32 Å². The van der Waals surface area contributed by atoms with E-state index < -0.39 is 0 Å². The molecule has 1 rings (SSSR count). The van der Waals surface area contributed by atoms with Crippen molar-refractivity contribution in [3.63, 3.8) is 0 Å². The maximum absolute atomic E-state index is 5.19. The highest BCUT2D eigenvalue weighted by Crippen LogP contribution is 2.15. The smallest absolute Gasteiger partial charge is 0.0646 e. The second kappa shape index (κ2) is 2.03. The van der Waals surface area contributed by atoms with Gasteiger partial charge in [0.05, 0.1) is 6.61 Å². The van der Waals surface area contributed by atoms with E-state index in [1.54, 1.807) is 0 Å². The Hall–Kier alpha value is -0.0800. The van der Waals surface area contributed by atoms with Crippen LogP contribution in [0, 0.1) is 0 Å². The highest BCUT2D eigenvalue weighted by atomic mass is 16.5. The van der Waals surface area contributed by atoms with Crippen LogP contribution in [0.25, 0.3) is 0 Å².